The highest BCUT2D eigenvalue weighted by Gasteiger charge is 2.19. The van der Waals surface area contributed by atoms with E-state index in [4.69, 9.17) is 14.2 Å². The largest absolute Gasteiger partial charge is 0.462 e. The fourth-order valence-corrected chi connectivity index (χ4v) is 9.20. The average Bonchev–Trinajstić information content (AvgIpc) is 3.46. The predicted octanol–water partition coefficient (Wildman–Crippen LogP) is 23.2. The molecule has 0 aromatic rings. The van der Waals surface area contributed by atoms with Gasteiger partial charge in [-0.05, 0) is 116 Å². The van der Waals surface area contributed by atoms with Gasteiger partial charge >= 0.3 is 17.9 Å². The molecule has 1 atom stereocenters. The topological polar surface area (TPSA) is 78.9 Å². The Bertz CT molecular complexity index is 1650. The molecule has 0 rings (SSSR count). The maximum absolute atomic E-state index is 12.9. The predicted molar refractivity (Wildman–Crippen MR) is 348 cm³/mol. The standard InChI is InChI=1S/C74H124O6/c1-4-7-10-13-16-19-22-24-26-28-30-31-32-33-34-35-36-37-38-39-40-41-42-43-45-46-48-50-52-55-58-61-64-67-73(76)79-70-71(69-78-72(75)66-63-60-57-54-21-18-15-12-9-6-3)80-74(77)68-65-62-59-56-53-51-49-47-44-29-27-25-23-20-17-14-11-8-5-2/h7,10,16-17,19-20,24-27,30-31,33-34,36-37,39-40,44,47,71H,4-6,8-9,11-15,18,21-23,28-29,32,35,38,41-43,45-46,48-70H2,1-3H3/b10-7-,19-16-,20-17-,26-24-,27-25-,31-30-,34-33-,37-36-,40-39-,47-44-. The molecule has 0 aliphatic carbocycles. The quantitative estimate of drug-likeness (QED) is 0.0261. The lowest BCUT2D eigenvalue weighted by molar-refractivity contribution is -0.167. The highest BCUT2D eigenvalue weighted by atomic mass is 16.6. The zero-order valence-electron chi connectivity index (χ0n) is 52.3. The van der Waals surface area contributed by atoms with Crippen molar-refractivity contribution in [2.24, 2.45) is 0 Å². The number of ether oxygens (including phenoxy) is 3. The normalized spacial score (nSPS) is 12.9. The molecule has 0 spiro atoms. The number of hydrogen-bond acceptors (Lipinski definition) is 6. The molecular weight excluding hydrogens is 985 g/mol. The minimum absolute atomic E-state index is 0.0828. The van der Waals surface area contributed by atoms with Crippen molar-refractivity contribution >= 4 is 17.9 Å². The fraction of sp³-hybridized carbons (Fsp3) is 0.689. The van der Waals surface area contributed by atoms with Crippen LogP contribution in [0, 0.1) is 0 Å². The van der Waals surface area contributed by atoms with E-state index in [-0.39, 0.29) is 31.1 Å². The fourth-order valence-electron chi connectivity index (χ4n) is 9.20. The summed E-state index contributed by atoms with van der Waals surface area (Å²) in [7, 11) is 0. The molecule has 0 aromatic heterocycles. The second-order valence-corrected chi connectivity index (χ2v) is 22.0. The summed E-state index contributed by atoms with van der Waals surface area (Å²) in [4.78, 5) is 38.3. The lowest BCUT2D eigenvalue weighted by atomic mass is 10.0. The molecule has 6 heteroatoms. The Morgan fingerprint density at radius 3 is 0.787 bits per heavy atom. The lowest BCUT2D eigenvalue weighted by Crippen LogP contribution is -2.30. The van der Waals surface area contributed by atoms with Crippen LogP contribution in [-0.2, 0) is 28.6 Å². The van der Waals surface area contributed by atoms with Gasteiger partial charge in [-0.15, -0.1) is 0 Å². The smallest absolute Gasteiger partial charge is 0.306 e. The van der Waals surface area contributed by atoms with Crippen LogP contribution >= 0.6 is 0 Å². The molecule has 0 bridgehead atoms. The summed E-state index contributed by atoms with van der Waals surface area (Å²) < 4.78 is 16.9. The first-order valence-corrected chi connectivity index (χ1v) is 33.5. The van der Waals surface area contributed by atoms with Crippen LogP contribution in [-0.4, -0.2) is 37.2 Å². The number of carbonyl (C=O) groups excluding carboxylic acids is 3. The monoisotopic (exact) mass is 1110 g/mol. The van der Waals surface area contributed by atoms with Crippen molar-refractivity contribution in [1.29, 1.82) is 0 Å². The zero-order chi connectivity index (χ0) is 57.8. The summed E-state index contributed by atoms with van der Waals surface area (Å²) in [6.07, 6.45) is 93.6. The molecule has 0 aromatic carbocycles. The zero-order valence-corrected chi connectivity index (χ0v) is 52.3. The van der Waals surface area contributed by atoms with E-state index in [2.05, 4.69) is 142 Å². The summed E-state index contributed by atoms with van der Waals surface area (Å²) >= 11 is 0. The van der Waals surface area contributed by atoms with Crippen LogP contribution in [0.4, 0.5) is 0 Å². The van der Waals surface area contributed by atoms with Crippen LogP contribution in [0.2, 0.25) is 0 Å². The number of rotatable bonds is 60. The summed E-state index contributed by atoms with van der Waals surface area (Å²) in [5.74, 6) is -0.893. The molecule has 0 saturated carbocycles. The Hall–Kier alpha value is -4.19. The van der Waals surface area contributed by atoms with E-state index >= 15 is 0 Å². The molecule has 0 radical (unpaired) electrons. The van der Waals surface area contributed by atoms with Gasteiger partial charge in [0.15, 0.2) is 6.10 Å². The Labute approximate surface area is 494 Å². The van der Waals surface area contributed by atoms with E-state index in [1.807, 2.05) is 0 Å². The summed E-state index contributed by atoms with van der Waals surface area (Å²) in [5, 5.41) is 0. The molecule has 0 heterocycles. The average molecular weight is 1110 g/mol. The van der Waals surface area contributed by atoms with Crippen molar-refractivity contribution in [1.82, 2.24) is 0 Å². The van der Waals surface area contributed by atoms with E-state index in [1.54, 1.807) is 0 Å². The molecule has 80 heavy (non-hydrogen) atoms. The molecular formula is C74H124O6. The van der Waals surface area contributed by atoms with E-state index in [0.717, 1.165) is 128 Å². The van der Waals surface area contributed by atoms with Gasteiger partial charge in [-0.2, -0.15) is 0 Å². The first-order valence-electron chi connectivity index (χ1n) is 33.5. The van der Waals surface area contributed by atoms with Gasteiger partial charge in [-0.1, -0.05) is 296 Å². The third-order valence-corrected chi connectivity index (χ3v) is 14.2. The number of allylic oxidation sites excluding steroid dienone is 20. The van der Waals surface area contributed by atoms with Crippen LogP contribution in [0.1, 0.15) is 310 Å². The highest BCUT2D eigenvalue weighted by molar-refractivity contribution is 5.71. The first-order chi connectivity index (χ1) is 39.5. The third-order valence-electron chi connectivity index (χ3n) is 14.2. The minimum atomic E-state index is -0.787. The van der Waals surface area contributed by atoms with Gasteiger partial charge in [0, 0.05) is 19.3 Å². The van der Waals surface area contributed by atoms with Crippen molar-refractivity contribution in [3.05, 3.63) is 122 Å². The summed E-state index contributed by atoms with van der Waals surface area (Å²) in [6.45, 7) is 6.49. The molecule has 0 fully saturated rings. The number of hydrogen-bond donors (Lipinski definition) is 0. The summed E-state index contributed by atoms with van der Waals surface area (Å²) in [6, 6.07) is 0. The van der Waals surface area contributed by atoms with Crippen LogP contribution in [0.3, 0.4) is 0 Å². The molecule has 0 saturated heterocycles. The highest BCUT2D eigenvalue weighted by Crippen LogP contribution is 2.16. The molecule has 1 unspecified atom stereocenters. The Balaban J connectivity index is 4.21. The molecule has 6 nitrogen and oxygen atoms in total. The summed E-state index contributed by atoms with van der Waals surface area (Å²) in [5.41, 5.74) is 0. The van der Waals surface area contributed by atoms with Crippen molar-refractivity contribution < 1.29 is 28.6 Å². The Morgan fingerprint density at radius 2 is 0.487 bits per heavy atom. The van der Waals surface area contributed by atoms with E-state index in [0.29, 0.717) is 19.3 Å². The van der Waals surface area contributed by atoms with Crippen LogP contribution in [0.5, 0.6) is 0 Å². The van der Waals surface area contributed by atoms with Gasteiger partial charge in [-0.3, -0.25) is 14.4 Å². The Kier molecular flexibility index (Phi) is 63.8. The van der Waals surface area contributed by atoms with Gasteiger partial charge in [0.2, 0.25) is 0 Å². The first kappa shape index (κ1) is 75.8. The van der Waals surface area contributed by atoms with E-state index in [1.165, 1.54) is 141 Å². The Morgan fingerprint density at radius 1 is 0.263 bits per heavy atom. The van der Waals surface area contributed by atoms with Crippen molar-refractivity contribution in [3.63, 3.8) is 0 Å². The minimum Gasteiger partial charge on any atom is -0.462 e. The molecule has 0 amide bonds. The van der Waals surface area contributed by atoms with Crippen molar-refractivity contribution in [2.75, 3.05) is 13.2 Å². The second kappa shape index (κ2) is 67.3. The van der Waals surface area contributed by atoms with Gasteiger partial charge in [0.25, 0.3) is 0 Å². The van der Waals surface area contributed by atoms with Crippen molar-refractivity contribution in [2.45, 2.75) is 316 Å². The lowest BCUT2D eigenvalue weighted by Gasteiger charge is -2.18. The van der Waals surface area contributed by atoms with Gasteiger partial charge in [-0.25, -0.2) is 0 Å². The maximum atomic E-state index is 12.9. The SMILES string of the molecule is CC/C=C\C/C=C\C/C=C\C/C=C\C/C=C\C/C=C\C/C=C\CCCCCCCCCCCCCC(=O)OCC(COC(=O)CCCCCCCCCCCC)OC(=O)CCCCCCCC/C=C\C/C=C\C/C=C\CCCCC. The van der Waals surface area contributed by atoms with E-state index in [9.17, 15) is 14.4 Å². The molecule has 0 aliphatic rings. The van der Waals surface area contributed by atoms with Crippen molar-refractivity contribution in [3.8, 4) is 0 Å². The third kappa shape index (κ3) is 64.6. The van der Waals surface area contributed by atoms with Gasteiger partial charge in [0.05, 0.1) is 0 Å². The van der Waals surface area contributed by atoms with Crippen LogP contribution in [0.15, 0.2) is 122 Å². The van der Waals surface area contributed by atoms with Gasteiger partial charge < -0.3 is 14.2 Å². The second-order valence-electron chi connectivity index (χ2n) is 22.0. The molecule has 0 aliphatic heterocycles. The van der Waals surface area contributed by atoms with Gasteiger partial charge in [0.1, 0.15) is 13.2 Å². The molecule has 0 N–H and O–H groups in total. The van der Waals surface area contributed by atoms with E-state index < -0.39 is 6.10 Å². The number of unbranched alkanes of at least 4 members (excludes halogenated alkanes) is 29. The number of esters is 3. The maximum Gasteiger partial charge on any atom is 0.306 e. The van der Waals surface area contributed by atoms with Crippen LogP contribution < -0.4 is 0 Å². The number of carbonyl (C=O) groups is 3. The van der Waals surface area contributed by atoms with Crippen LogP contribution in [0.25, 0.3) is 0 Å². The molecule has 456 valence electrons.